The third-order valence-corrected chi connectivity index (χ3v) is 3.82. The van der Waals surface area contributed by atoms with E-state index in [1.165, 1.54) is 0 Å². The molecule has 0 aromatic rings. The third-order valence-electron chi connectivity index (χ3n) is 3.82. The molecule has 0 spiro atoms. The Labute approximate surface area is 97.7 Å². The zero-order chi connectivity index (χ0) is 12.6. The first-order valence-corrected chi connectivity index (χ1v) is 5.64. The van der Waals surface area contributed by atoms with Gasteiger partial charge in [0.05, 0.1) is 6.10 Å². The summed E-state index contributed by atoms with van der Waals surface area (Å²) in [4.78, 5) is 11.9. The molecule has 4 nitrogen and oxygen atoms in total. The second-order valence-corrected chi connectivity index (χ2v) is 5.52. The molecule has 0 aromatic heterocycles. The summed E-state index contributed by atoms with van der Waals surface area (Å²) in [6, 6.07) is 0.166. The first-order chi connectivity index (χ1) is 7.25. The average molecular weight is 229 g/mol. The van der Waals surface area contributed by atoms with Crippen LogP contribution < -0.4 is 5.32 Å². The lowest BCUT2D eigenvalue weighted by atomic mass is 9.64. The van der Waals surface area contributed by atoms with Crippen LogP contribution in [0.3, 0.4) is 0 Å². The zero-order valence-electron chi connectivity index (χ0n) is 11.1. The quantitative estimate of drug-likeness (QED) is 0.791. The molecule has 1 rings (SSSR count). The summed E-state index contributed by atoms with van der Waals surface area (Å²) in [5.74, 6) is -0.0670. The van der Waals surface area contributed by atoms with Gasteiger partial charge in [-0.25, -0.2) is 0 Å². The number of hydrogen-bond donors (Lipinski definition) is 1. The van der Waals surface area contributed by atoms with Crippen LogP contribution in [0.2, 0.25) is 0 Å². The van der Waals surface area contributed by atoms with Crippen LogP contribution in [0, 0.1) is 5.41 Å². The third kappa shape index (κ3) is 2.23. The summed E-state index contributed by atoms with van der Waals surface area (Å²) < 4.78 is 10.5. The van der Waals surface area contributed by atoms with Crippen molar-refractivity contribution in [2.24, 2.45) is 5.41 Å². The van der Waals surface area contributed by atoms with Crippen molar-refractivity contribution < 1.29 is 14.3 Å². The van der Waals surface area contributed by atoms with Crippen molar-refractivity contribution in [3.8, 4) is 0 Å². The van der Waals surface area contributed by atoms with E-state index in [2.05, 4.69) is 19.2 Å². The van der Waals surface area contributed by atoms with Gasteiger partial charge in [0.2, 0.25) is 0 Å². The Balaban J connectivity index is 2.55. The molecule has 1 amide bonds. The summed E-state index contributed by atoms with van der Waals surface area (Å²) in [7, 11) is 3.26. The fourth-order valence-electron chi connectivity index (χ4n) is 1.96. The molecule has 0 heterocycles. The van der Waals surface area contributed by atoms with Crippen molar-refractivity contribution in [2.45, 2.75) is 51.9 Å². The molecule has 4 heteroatoms. The van der Waals surface area contributed by atoms with Gasteiger partial charge in [0.25, 0.3) is 5.91 Å². The van der Waals surface area contributed by atoms with E-state index in [4.69, 9.17) is 9.47 Å². The number of hydrogen-bond acceptors (Lipinski definition) is 3. The van der Waals surface area contributed by atoms with Crippen LogP contribution in [0.5, 0.6) is 0 Å². The molecule has 0 bridgehead atoms. The maximum Gasteiger partial charge on any atom is 0.251 e. The van der Waals surface area contributed by atoms with Crippen molar-refractivity contribution in [3.63, 3.8) is 0 Å². The molecule has 2 atom stereocenters. The predicted molar refractivity (Wildman–Crippen MR) is 62.2 cm³/mol. The summed E-state index contributed by atoms with van der Waals surface area (Å²) in [5, 5.41) is 3.02. The number of carbonyl (C=O) groups is 1. The van der Waals surface area contributed by atoms with E-state index in [1.807, 2.05) is 0 Å². The summed E-state index contributed by atoms with van der Waals surface area (Å²) >= 11 is 0. The fraction of sp³-hybridized carbons (Fsp3) is 0.917. The molecule has 16 heavy (non-hydrogen) atoms. The molecule has 0 aromatic carbocycles. The molecular weight excluding hydrogens is 206 g/mol. The molecule has 0 radical (unpaired) electrons. The standard InChI is InChI=1S/C12H23NO3/c1-11(2)8(7-9(11)15-5)13-10(14)12(3,4)16-6/h8-9H,7H2,1-6H3,(H,13,14). The fourth-order valence-corrected chi connectivity index (χ4v) is 1.96. The van der Waals surface area contributed by atoms with E-state index in [0.29, 0.717) is 0 Å². The van der Waals surface area contributed by atoms with Gasteiger partial charge in [-0.2, -0.15) is 0 Å². The van der Waals surface area contributed by atoms with Gasteiger partial charge in [-0.3, -0.25) is 4.79 Å². The topological polar surface area (TPSA) is 47.6 Å². The lowest BCUT2D eigenvalue weighted by molar-refractivity contribution is -0.149. The molecule has 1 aliphatic rings. The van der Waals surface area contributed by atoms with Crippen LogP contribution in [0.15, 0.2) is 0 Å². The second-order valence-electron chi connectivity index (χ2n) is 5.52. The number of nitrogens with one attached hydrogen (secondary N) is 1. The highest BCUT2D eigenvalue weighted by atomic mass is 16.5. The number of carbonyl (C=O) groups excluding carboxylic acids is 1. The number of amides is 1. The summed E-state index contributed by atoms with van der Waals surface area (Å²) in [6.07, 6.45) is 1.10. The van der Waals surface area contributed by atoms with Crippen molar-refractivity contribution in [3.05, 3.63) is 0 Å². The highest BCUT2D eigenvalue weighted by molar-refractivity contribution is 5.84. The Morgan fingerprint density at radius 1 is 1.38 bits per heavy atom. The van der Waals surface area contributed by atoms with Crippen LogP contribution in [0.1, 0.15) is 34.1 Å². The van der Waals surface area contributed by atoms with E-state index in [0.717, 1.165) is 6.42 Å². The second kappa shape index (κ2) is 4.34. The lowest BCUT2D eigenvalue weighted by Crippen LogP contribution is -2.64. The zero-order valence-corrected chi connectivity index (χ0v) is 11.1. The van der Waals surface area contributed by atoms with Gasteiger partial charge >= 0.3 is 0 Å². The Morgan fingerprint density at radius 2 is 1.94 bits per heavy atom. The SMILES string of the molecule is COC1CC(NC(=O)C(C)(C)OC)C1(C)C. The molecule has 94 valence electrons. The Kier molecular flexibility index (Phi) is 3.65. The maximum absolute atomic E-state index is 11.9. The average Bonchev–Trinajstić information content (AvgIpc) is 2.22. The molecule has 0 saturated heterocycles. The van der Waals surface area contributed by atoms with Crippen molar-refractivity contribution >= 4 is 5.91 Å². The number of methoxy groups -OCH3 is 2. The number of rotatable bonds is 4. The van der Waals surface area contributed by atoms with Crippen LogP contribution in [0.25, 0.3) is 0 Å². The lowest BCUT2D eigenvalue weighted by Gasteiger charge is -2.51. The van der Waals surface area contributed by atoms with Crippen LogP contribution >= 0.6 is 0 Å². The monoisotopic (exact) mass is 229 g/mol. The van der Waals surface area contributed by atoms with Crippen LogP contribution in [-0.2, 0) is 14.3 Å². The van der Waals surface area contributed by atoms with E-state index in [9.17, 15) is 4.79 Å². The van der Waals surface area contributed by atoms with Gasteiger partial charge in [0.1, 0.15) is 5.60 Å². The normalized spacial score (nSPS) is 28.4. The Bertz CT molecular complexity index is 273. The van der Waals surface area contributed by atoms with Gasteiger partial charge in [-0.15, -0.1) is 0 Å². The van der Waals surface area contributed by atoms with Gasteiger partial charge in [0, 0.05) is 25.7 Å². The van der Waals surface area contributed by atoms with Crippen molar-refractivity contribution in [1.29, 1.82) is 0 Å². The minimum atomic E-state index is -0.770. The smallest absolute Gasteiger partial charge is 0.251 e. The van der Waals surface area contributed by atoms with Gasteiger partial charge in [0.15, 0.2) is 0 Å². The first kappa shape index (κ1) is 13.5. The largest absolute Gasteiger partial charge is 0.381 e. The van der Waals surface area contributed by atoms with Crippen LogP contribution in [-0.4, -0.2) is 37.9 Å². The van der Waals surface area contributed by atoms with Crippen molar-refractivity contribution in [1.82, 2.24) is 5.32 Å². The Hall–Kier alpha value is -0.610. The predicted octanol–water partition coefficient (Wildman–Crippen LogP) is 1.34. The molecule has 2 unspecified atom stereocenters. The van der Waals surface area contributed by atoms with Gasteiger partial charge in [-0.05, 0) is 20.3 Å². The van der Waals surface area contributed by atoms with Gasteiger partial charge in [-0.1, -0.05) is 13.8 Å². The van der Waals surface area contributed by atoms with E-state index in [-0.39, 0.29) is 23.5 Å². The highest BCUT2D eigenvalue weighted by Gasteiger charge is 2.50. The molecule has 0 aliphatic heterocycles. The molecule has 1 aliphatic carbocycles. The summed E-state index contributed by atoms with van der Waals surface area (Å²) in [5.41, 5.74) is -0.775. The minimum Gasteiger partial charge on any atom is -0.381 e. The highest BCUT2D eigenvalue weighted by Crippen LogP contribution is 2.42. The molecule has 1 saturated carbocycles. The van der Waals surface area contributed by atoms with Crippen LogP contribution in [0.4, 0.5) is 0 Å². The van der Waals surface area contributed by atoms with Gasteiger partial charge < -0.3 is 14.8 Å². The summed E-state index contributed by atoms with van der Waals surface area (Å²) in [6.45, 7) is 7.74. The first-order valence-electron chi connectivity index (χ1n) is 5.64. The molecule has 1 N–H and O–H groups in total. The molecular formula is C12H23NO3. The van der Waals surface area contributed by atoms with Crippen molar-refractivity contribution in [2.75, 3.05) is 14.2 Å². The minimum absolute atomic E-state index is 0.00572. The number of ether oxygens (including phenoxy) is 2. The Morgan fingerprint density at radius 3 is 2.31 bits per heavy atom. The maximum atomic E-state index is 11.9. The molecule has 1 fully saturated rings. The van der Waals surface area contributed by atoms with E-state index in [1.54, 1.807) is 28.1 Å². The van der Waals surface area contributed by atoms with E-state index < -0.39 is 5.60 Å². The van der Waals surface area contributed by atoms with E-state index >= 15 is 0 Å².